The molecule has 0 spiro atoms. The molecule has 1 aliphatic heterocycles. The Morgan fingerprint density at radius 2 is 1.88 bits per heavy atom. The van der Waals surface area contributed by atoms with E-state index in [1.54, 1.807) is 0 Å². The van der Waals surface area contributed by atoms with E-state index in [0.29, 0.717) is 29.7 Å². The van der Waals surface area contributed by atoms with E-state index >= 15 is 0 Å². The van der Waals surface area contributed by atoms with E-state index in [2.05, 4.69) is 40.6 Å². The third-order valence-electron chi connectivity index (χ3n) is 7.32. The first-order valence-electron chi connectivity index (χ1n) is 11.9. The van der Waals surface area contributed by atoms with E-state index < -0.39 is 16.1 Å². The van der Waals surface area contributed by atoms with Crippen molar-refractivity contribution in [2.24, 2.45) is 5.92 Å². The van der Waals surface area contributed by atoms with Crippen molar-refractivity contribution < 1.29 is 13.9 Å². The Balaban J connectivity index is 1.37. The van der Waals surface area contributed by atoms with Crippen molar-refractivity contribution >= 4 is 38.7 Å². The van der Waals surface area contributed by atoms with Crippen molar-refractivity contribution in [3.63, 3.8) is 0 Å². The molecule has 182 valence electrons. The number of nitrogen functional groups attached to an aromatic ring is 1. The molecule has 2 atom stereocenters. The van der Waals surface area contributed by atoms with Crippen LogP contribution in [0.3, 0.4) is 0 Å². The van der Waals surface area contributed by atoms with Gasteiger partial charge in [0.05, 0.1) is 28.1 Å². The van der Waals surface area contributed by atoms with Crippen molar-refractivity contribution in [3.8, 4) is 16.5 Å². The summed E-state index contributed by atoms with van der Waals surface area (Å²) in [6.07, 6.45) is 5.17. The summed E-state index contributed by atoms with van der Waals surface area (Å²) in [4.78, 5) is 21.0. The van der Waals surface area contributed by atoms with Crippen molar-refractivity contribution in [3.05, 3.63) is 30.0 Å². The highest BCUT2D eigenvalue weighted by Crippen LogP contribution is 2.46. The van der Waals surface area contributed by atoms with Gasteiger partial charge >= 0.3 is 0 Å². The number of nitrogens with two attached hydrogens (primary N) is 1. The molecule has 8 nitrogen and oxygen atoms in total. The first kappa shape index (κ1) is 23.4. The number of carbonyl (C=O) groups excluding carboxylic acids is 1. The molecule has 10 heteroatoms. The number of nitrogens with one attached hydrogen (secondary N) is 1. The third kappa shape index (κ3) is 4.75. The molecular weight excluding hydrogens is 470 g/mol. The molecular formula is C24H31N5O3S2. The second-order valence-electron chi connectivity index (χ2n) is 9.69. The first-order valence-corrected chi connectivity index (χ1v) is 14.6. The number of hydrogen-bond acceptors (Lipinski definition) is 8. The lowest BCUT2D eigenvalue weighted by atomic mass is 9.76. The predicted molar refractivity (Wildman–Crippen MR) is 137 cm³/mol. The van der Waals surface area contributed by atoms with Gasteiger partial charge in [-0.05, 0) is 43.4 Å². The van der Waals surface area contributed by atoms with E-state index in [0.717, 1.165) is 60.3 Å². The highest BCUT2D eigenvalue weighted by Gasteiger charge is 2.47. The zero-order chi connectivity index (χ0) is 23.9. The Morgan fingerprint density at radius 3 is 2.53 bits per heavy atom. The third-order valence-corrected chi connectivity index (χ3v) is 9.94. The minimum atomic E-state index is -2.42. The summed E-state index contributed by atoms with van der Waals surface area (Å²) in [6.45, 7) is 1.26. The van der Waals surface area contributed by atoms with E-state index in [4.69, 9.17) is 10.7 Å². The Labute approximate surface area is 205 Å². The van der Waals surface area contributed by atoms with Crippen LogP contribution in [0.5, 0.6) is 0 Å². The van der Waals surface area contributed by atoms with E-state index in [9.17, 15) is 19.2 Å². The van der Waals surface area contributed by atoms with Crippen LogP contribution in [0.2, 0.25) is 0 Å². The van der Waals surface area contributed by atoms with Crippen molar-refractivity contribution in [2.75, 3.05) is 35.2 Å². The lowest BCUT2D eigenvalue weighted by Crippen LogP contribution is -2.42. The molecule has 2 heterocycles. The molecule has 34 heavy (non-hydrogen) atoms. The van der Waals surface area contributed by atoms with Gasteiger partial charge in [0.2, 0.25) is 5.91 Å². The monoisotopic (exact) mass is 501 g/mol. The summed E-state index contributed by atoms with van der Waals surface area (Å²) in [6, 6.07) is 10.5. The molecule has 3 aliphatic rings. The molecule has 0 unspecified atom stereocenters. The summed E-state index contributed by atoms with van der Waals surface area (Å²) in [5, 5.41) is 12.9. The van der Waals surface area contributed by atoms with Crippen molar-refractivity contribution in [1.82, 2.24) is 10.3 Å². The van der Waals surface area contributed by atoms with Crippen LogP contribution in [-0.2, 0) is 4.79 Å². The van der Waals surface area contributed by atoms with Gasteiger partial charge in [0, 0.05) is 30.6 Å². The first-order chi connectivity index (χ1) is 16.3. The topological polar surface area (TPSA) is 136 Å². The SMILES string of the molecule is N#CC1(NC(=O)[C@@H]2CCCC[C@H]2c2nc(N)sc2-c2ccc(N3CCS(O)(O)CC3)cc2)CC1. The Morgan fingerprint density at radius 1 is 1.21 bits per heavy atom. The average molecular weight is 502 g/mol. The molecule has 0 radical (unpaired) electrons. The van der Waals surface area contributed by atoms with Gasteiger partial charge < -0.3 is 16.0 Å². The molecule has 3 fully saturated rings. The standard InChI is InChI=1S/C24H31N5O3S2/c25-15-24(9-10-24)28-22(30)19-4-2-1-3-18(19)20-21(33-23(26)27-20)16-5-7-17(8-6-16)29-11-13-34(31,32)14-12-29/h5-8,18-19,31-32H,1-4,9-14H2,(H2,26,27)(H,28,30)/t18-,19-/m1/s1. The highest BCUT2D eigenvalue weighted by atomic mass is 32.3. The molecule has 5 N–H and O–H groups in total. The zero-order valence-electron chi connectivity index (χ0n) is 19.1. The molecule has 2 aromatic rings. The summed E-state index contributed by atoms with van der Waals surface area (Å²) < 4.78 is 19.8. The van der Waals surface area contributed by atoms with Crippen LogP contribution in [0.15, 0.2) is 24.3 Å². The maximum Gasteiger partial charge on any atom is 0.225 e. The molecule has 2 saturated carbocycles. The molecule has 0 bridgehead atoms. The zero-order valence-corrected chi connectivity index (χ0v) is 20.7. The van der Waals surface area contributed by atoms with Gasteiger partial charge in [0.15, 0.2) is 5.13 Å². The van der Waals surface area contributed by atoms with Crippen molar-refractivity contribution in [1.29, 1.82) is 5.26 Å². The van der Waals surface area contributed by atoms with Crippen molar-refractivity contribution in [2.45, 2.75) is 50.0 Å². The van der Waals surface area contributed by atoms with Gasteiger partial charge in [-0.25, -0.2) is 4.98 Å². The number of anilines is 2. The second kappa shape index (κ2) is 9.04. The average Bonchev–Trinajstić information content (AvgIpc) is 3.50. The molecule has 1 amide bonds. The molecule has 1 aromatic heterocycles. The summed E-state index contributed by atoms with van der Waals surface area (Å²) >= 11 is 1.45. The quantitative estimate of drug-likeness (QED) is 0.476. The number of aromatic nitrogens is 1. The fourth-order valence-electron chi connectivity index (χ4n) is 5.11. The Hall–Kier alpha value is -2.32. The highest BCUT2D eigenvalue weighted by molar-refractivity contribution is 8.24. The minimum Gasteiger partial charge on any atom is -0.375 e. The van der Waals surface area contributed by atoms with E-state index in [-0.39, 0.29) is 17.7 Å². The van der Waals surface area contributed by atoms with Gasteiger partial charge in [-0.15, -0.1) is 0 Å². The number of amides is 1. The minimum absolute atomic E-state index is 0.0150. The molecule has 1 aromatic carbocycles. The lowest BCUT2D eigenvalue weighted by molar-refractivity contribution is -0.127. The van der Waals surface area contributed by atoms with Crippen LogP contribution >= 0.6 is 21.9 Å². The summed E-state index contributed by atoms with van der Waals surface area (Å²) in [5.74, 6) is 0.559. The molecule has 5 rings (SSSR count). The van der Waals surface area contributed by atoms with Gasteiger partial charge in [-0.3, -0.25) is 13.9 Å². The normalized spacial score (nSPS) is 26.3. The number of benzene rings is 1. The number of nitriles is 1. The number of thiazole rings is 1. The molecule has 1 saturated heterocycles. The Bertz CT molecular complexity index is 1100. The number of rotatable bonds is 5. The maximum absolute atomic E-state index is 13.2. The van der Waals surface area contributed by atoms with Gasteiger partial charge in [0.1, 0.15) is 5.54 Å². The van der Waals surface area contributed by atoms with Crippen LogP contribution in [-0.4, -0.2) is 50.1 Å². The van der Waals surface area contributed by atoms with Gasteiger partial charge in [0.25, 0.3) is 0 Å². The van der Waals surface area contributed by atoms with E-state index in [1.807, 2.05) is 0 Å². The van der Waals surface area contributed by atoms with Gasteiger partial charge in [-0.2, -0.15) is 15.9 Å². The molecule has 2 aliphatic carbocycles. The fourth-order valence-corrected chi connectivity index (χ4v) is 7.24. The summed E-state index contributed by atoms with van der Waals surface area (Å²) in [5.41, 5.74) is 8.46. The smallest absolute Gasteiger partial charge is 0.225 e. The van der Waals surface area contributed by atoms with Crippen LogP contribution in [0.1, 0.15) is 50.1 Å². The van der Waals surface area contributed by atoms with E-state index in [1.165, 1.54) is 11.3 Å². The Kier molecular flexibility index (Phi) is 6.23. The van der Waals surface area contributed by atoms with Crippen LogP contribution in [0.25, 0.3) is 10.4 Å². The lowest BCUT2D eigenvalue weighted by Gasteiger charge is -2.41. The fraction of sp³-hybridized carbons (Fsp3) is 0.542. The number of nitrogens with zero attached hydrogens (tertiary/aromatic N) is 3. The largest absolute Gasteiger partial charge is 0.375 e. The van der Waals surface area contributed by atoms with Gasteiger partial charge in [-0.1, -0.05) is 36.3 Å². The van der Waals surface area contributed by atoms with Crippen LogP contribution in [0.4, 0.5) is 10.8 Å². The van der Waals surface area contributed by atoms with Crippen LogP contribution < -0.4 is 16.0 Å². The maximum atomic E-state index is 13.2. The number of hydrogen-bond donors (Lipinski definition) is 4. The summed E-state index contributed by atoms with van der Waals surface area (Å²) in [7, 11) is -2.42. The number of carbonyl (C=O) groups is 1. The predicted octanol–water partition coefficient (Wildman–Crippen LogP) is 4.41. The second-order valence-corrected chi connectivity index (χ2v) is 13.1. The van der Waals surface area contributed by atoms with Crippen LogP contribution in [0, 0.1) is 17.2 Å².